The molecule has 5 nitrogen and oxygen atoms in total. The van der Waals surface area contributed by atoms with Gasteiger partial charge < -0.3 is 9.84 Å². The Balaban J connectivity index is 4.90. The van der Waals surface area contributed by atoms with Crippen LogP contribution in [0.15, 0.2) is 0 Å². The van der Waals surface area contributed by atoms with Gasteiger partial charge in [0.15, 0.2) is 6.29 Å². The van der Waals surface area contributed by atoms with Gasteiger partial charge in [-0.3, -0.25) is 0 Å². The molecule has 0 aliphatic carbocycles. The molecule has 116 valence electrons. The van der Waals surface area contributed by atoms with Crippen molar-refractivity contribution in [1.82, 2.24) is 4.31 Å². The van der Waals surface area contributed by atoms with Gasteiger partial charge in [-0.05, 0) is 32.9 Å². The largest absolute Gasteiger partial charge is 0.367 e. The van der Waals surface area contributed by atoms with E-state index in [1.165, 1.54) is 16.1 Å². The van der Waals surface area contributed by atoms with Gasteiger partial charge in [0.1, 0.15) is 0 Å². The van der Waals surface area contributed by atoms with Crippen LogP contribution in [0, 0.1) is 0 Å². The molecule has 0 spiro atoms. The van der Waals surface area contributed by atoms with Gasteiger partial charge in [0, 0.05) is 0 Å². The molecular formula is C12H27NO4S2. The van der Waals surface area contributed by atoms with Crippen molar-refractivity contribution < 1.29 is 18.3 Å². The highest BCUT2D eigenvalue weighted by atomic mass is 32.2. The predicted molar refractivity (Wildman–Crippen MR) is 80.6 cm³/mol. The first-order chi connectivity index (χ1) is 8.54. The summed E-state index contributed by atoms with van der Waals surface area (Å²) in [6.45, 7) is 9.38. The van der Waals surface area contributed by atoms with Crippen LogP contribution in [0.25, 0.3) is 0 Å². The maximum atomic E-state index is 11.9. The summed E-state index contributed by atoms with van der Waals surface area (Å²) in [5, 5.41) is 9.88. The van der Waals surface area contributed by atoms with Crippen LogP contribution in [-0.2, 0) is 14.8 Å². The van der Waals surface area contributed by atoms with E-state index in [1.54, 1.807) is 0 Å². The maximum absolute atomic E-state index is 11.9. The third-order valence-electron chi connectivity index (χ3n) is 2.78. The normalized spacial score (nSPS) is 16.6. The molecule has 0 saturated carbocycles. The summed E-state index contributed by atoms with van der Waals surface area (Å²) in [7, 11) is -3.41. The predicted octanol–water partition coefficient (Wildman–Crippen LogP) is 1.87. The van der Waals surface area contributed by atoms with Crippen molar-refractivity contribution >= 4 is 21.8 Å². The maximum Gasteiger partial charge on any atom is 0.212 e. The SMILES string of the molecule is CCSC(C)(C)N(C[C@@H](O)O[C@@H](C)CC)S(C)(=O)=O. The van der Waals surface area contributed by atoms with Crippen molar-refractivity contribution in [3.05, 3.63) is 0 Å². The Hall–Kier alpha value is 0.180. The topological polar surface area (TPSA) is 66.8 Å². The Labute approximate surface area is 121 Å². The molecule has 0 aliphatic rings. The summed E-state index contributed by atoms with van der Waals surface area (Å²) in [6.07, 6.45) is 0.712. The van der Waals surface area contributed by atoms with E-state index in [0.29, 0.717) is 0 Å². The second kappa shape index (κ2) is 7.83. The van der Waals surface area contributed by atoms with Gasteiger partial charge in [0.2, 0.25) is 10.0 Å². The van der Waals surface area contributed by atoms with E-state index >= 15 is 0 Å². The molecule has 0 unspecified atom stereocenters. The second-order valence-corrected chi connectivity index (χ2v) is 8.76. The molecule has 0 aromatic carbocycles. The summed E-state index contributed by atoms with van der Waals surface area (Å²) in [5.41, 5.74) is 0. The minimum atomic E-state index is -3.41. The smallest absolute Gasteiger partial charge is 0.212 e. The number of ether oxygens (including phenoxy) is 1. The standard InChI is InChI=1S/C12H27NO4S2/c1-7-10(3)17-11(14)9-13(19(6,15)16)12(4,5)18-8-2/h10-11,14H,7-9H2,1-6H3/t10-,11-/m0/s1. The Kier molecular flexibility index (Phi) is 7.90. The molecule has 0 heterocycles. The number of aliphatic hydroxyl groups is 1. The van der Waals surface area contributed by atoms with Gasteiger partial charge >= 0.3 is 0 Å². The average Bonchev–Trinajstić information content (AvgIpc) is 2.23. The number of hydrogen-bond donors (Lipinski definition) is 1. The summed E-state index contributed by atoms with van der Waals surface area (Å²) >= 11 is 1.52. The van der Waals surface area contributed by atoms with Crippen LogP contribution in [0.1, 0.15) is 41.0 Å². The number of hydrogen-bond acceptors (Lipinski definition) is 5. The number of sulfonamides is 1. The van der Waals surface area contributed by atoms with E-state index in [9.17, 15) is 13.5 Å². The fourth-order valence-corrected chi connectivity index (χ4v) is 4.42. The number of aliphatic hydroxyl groups excluding tert-OH is 1. The molecular weight excluding hydrogens is 286 g/mol. The van der Waals surface area contributed by atoms with E-state index in [2.05, 4.69) is 0 Å². The van der Waals surface area contributed by atoms with Gasteiger partial charge in [-0.2, -0.15) is 4.31 Å². The van der Waals surface area contributed by atoms with Crippen LogP contribution >= 0.6 is 11.8 Å². The molecule has 0 saturated heterocycles. The number of rotatable bonds is 9. The fraction of sp³-hybridized carbons (Fsp3) is 1.00. The molecule has 0 amide bonds. The van der Waals surface area contributed by atoms with E-state index in [-0.39, 0.29) is 12.6 Å². The molecule has 7 heteroatoms. The number of nitrogens with zero attached hydrogens (tertiary/aromatic N) is 1. The number of thioether (sulfide) groups is 1. The van der Waals surface area contributed by atoms with Crippen LogP contribution in [-0.4, -0.2) is 53.6 Å². The minimum absolute atomic E-state index is 0.0524. The summed E-state index contributed by atoms with van der Waals surface area (Å²) in [5.74, 6) is 0.793. The molecule has 0 radical (unpaired) electrons. The lowest BCUT2D eigenvalue weighted by Crippen LogP contribution is -2.49. The summed E-state index contributed by atoms with van der Waals surface area (Å²) < 4.78 is 30.4. The average molecular weight is 313 g/mol. The highest BCUT2D eigenvalue weighted by molar-refractivity contribution is 8.01. The first-order valence-corrected chi connectivity index (χ1v) is 9.33. The van der Waals surface area contributed by atoms with Crippen molar-refractivity contribution in [2.75, 3.05) is 18.6 Å². The van der Waals surface area contributed by atoms with Crippen molar-refractivity contribution in [3.8, 4) is 0 Å². The summed E-state index contributed by atoms with van der Waals surface area (Å²) in [4.78, 5) is -0.609. The molecule has 2 atom stereocenters. The highest BCUT2D eigenvalue weighted by Crippen LogP contribution is 2.30. The first-order valence-electron chi connectivity index (χ1n) is 6.49. The zero-order chi connectivity index (χ0) is 15.3. The quantitative estimate of drug-likeness (QED) is 0.658. The van der Waals surface area contributed by atoms with E-state index in [1.807, 2.05) is 34.6 Å². The Morgan fingerprint density at radius 3 is 2.26 bits per heavy atom. The zero-order valence-corrected chi connectivity index (χ0v) is 14.3. The molecule has 0 aliphatic heterocycles. The fourth-order valence-electron chi connectivity index (χ4n) is 1.73. The van der Waals surface area contributed by atoms with E-state index < -0.39 is 21.2 Å². The zero-order valence-electron chi connectivity index (χ0n) is 12.7. The summed E-state index contributed by atoms with van der Waals surface area (Å²) in [6, 6.07) is 0. The van der Waals surface area contributed by atoms with Crippen molar-refractivity contribution in [2.45, 2.75) is 58.3 Å². The molecule has 0 fully saturated rings. The molecule has 1 N–H and O–H groups in total. The minimum Gasteiger partial charge on any atom is -0.367 e. The van der Waals surface area contributed by atoms with Crippen molar-refractivity contribution in [3.63, 3.8) is 0 Å². The second-order valence-electron chi connectivity index (χ2n) is 4.98. The van der Waals surface area contributed by atoms with Gasteiger partial charge in [-0.25, -0.2) is 8.42 Å². The monoisotopic (exact) mass is 313 g/mol. The van der Waals surface area contributed by atoms with E-state index in [4.69, 9.17) is 4.74 Å². The van der Waals surface area contributed by atoms with Gasteiger partial charge in [-0.1, -0.05) is 13.8 Å². The van der Waals surface area contributed by atoms with Crippen LogP contribution in [0.5, 0.6) is 0 Å². The van der Waals surface area contributed by atoms with Gasteiger partial charge in [-0.15, -0.1) is 11.8 Å². The van der Waals surface area contributed by atoms with Crippen LogP contribution < -0.4 is 0 Å². The molecule has 0 rings (SSSR count). The van der Waals surface area contributed by atoms with Crippen molar-refractivity contribution in [2.24, 2.45) is 0 Å². The molecule has 0 aromatic heterocycles. The van der Waals surface area contributed by atoms with Gasteiger partial charge in [0.25, 0.3) is 0 Å². The Morgan fingerprint density at radius 1 is 1.37 bits per heavy atom. The molecule has 0 aromatic rings. The van der Waals surface area contributed by atoms with Crippen LogP contribution in [0.2, 0.25) is 0 Å². The Bertz CT molecular complexity index is 357. The third-order valence-corrected chi connectivity index (χ3v) is 5.52. The third kappa shape index (κ3) is 6.94. The first kappa shape index (κ1) is 19.2. The molecule has 0 bridgehead atoms. The van der Waals surface area contributed by atoms with Gasteiger partial charge in [0.05, 0.1) is 23.8 Å². The lowest BCUT2D eigenvalue weighted by atomic mass is 10.3. The van der Waals surface area contributed by atoms with E-state index in [0.717, 1.165) is 18.4 Å². The lowest BCUT2D eigenvalue weighted by molar-refractivity contribution is -0.137. The Morgan fingerprint density at radius 2 is 1.89 bits per heavy atom. The van der Waals surface area contributed by atoms with Crippen LogP contribution in [0.4, 0.5) is 0 Å². The lowest BCUT2D eigenvalue weighted by Gasteiger charge is -2.37. The molecule has 19 heavy (non-hydrogen) atoms. The van der Waals surface area contributed by atoms with Crippen LogP contribution in [0.3, 0.4) is 0 Å². The van der Waals surface area contributed by atoms with Crippen molar-refractivity contribution in [1.29, 1.82) is 0 Å². The highest BCUT2D eigenvalue weighted by Gasteiger charge is 2.35.